The predicted octanol–water partition coefficient (Wildman–Crippen LogP) is 1.18. The summed E-state index contributed by atoms with van der Waals surface area (Å²) in [5.41, 5.74) is 0. The van der Waals surface area contributed by atoms with Gasteiger partial charge >= 0.3 is 5.97 Å². The number of hydrogen-bond donors (Lipinski definition) is 1. The molecule has 0 aromatic heterocycles. The lowest BCUT2D eigenvalue weighted by molar-refractivity contribution is -0.137. The van der Waals surface area contributed by atoms with Gasteiger partial charge in [-0.15, -0.1) is 0 Å². The number of ether oxygens (including phenoxy) is 1. The molecule has 0 saturated heterocycles. The fraction of sp³-hybridized carbons (Fsp3) is 0.400. The minimum Gasteiger partial charge on any atom is -0.463 e. The molecule has 122 valence electrons. The number of sulfonamides is 1. The average Bonchev–Trinajstić information content (AvgIpc) is 2.51. The van der Waals surface area contributed by atoms with Crippen molar-refractivity contribution in [2.45, 2.75) is 18.2 Å². The summed E-state index contributed by atoms with van der Waals surface area (Å²) in [6.07, 6.45) is 2.96. The highest BCUT2D eigenvalue weighted by Crippen LogP contribution is 2.15. The zero-order valence-electron chi connectivity index (χ0n) is 12.5. The molecule has 0 fully saturated rings. The molecule has 0 radical (unpaired) electrons. The van der Waals surface area contributed by atoms with Crippen LogP contribution < -0.4 is 0 Å². The Morgan fingerprint density at radius 2 is 2.00 bits per heavy atom. The van der Waals surface area contributed by atoms with Crippen molar-refractivity contribution in [2.75, 3.05) is 26.3 Å². The van der Waals surface area contributed by atoms with Gasteiger partial charge < -0.3 is 9.84 Å². The van der Waals surface area contributed by atoms with Gasteiger partial charge in [-0.25, -0.2) is 13.2 Å². The van der Waals surface area contributed by atoms with Crippen LogP contribution in [0.2, 0.25) is 0 Å². The highest BCUT2D eigenvalue weighted by molar-refractivity contribution is 7.89. The Morgan fingerprint density at radius 1 is 1.32 bits per heavy atom. The van der Waals surface area contributed by atoms with Crippen LogP contribution in [-0.4, -0.2) is 50.1 Å². The van der Waals surface area contributed by atoms with Crippen LogP contribution in [0.4, 0.5) is 0 Å². The van der Waals surface area contributed by atoms with Crippen LogP contribution in [-0.2, 0) is 19.6 Å². The van der Waals surface area contributed by atoms with Gasteiger partial charge in [-0.1, -0.05) is 24.3 Å². The highest BCUT2D eigenvalue weighted by atomic mass is 32.2. The van der Waals surface area contributed by atoms with Crippen molar-refractivity contribution in [3.63, 3.8) is 0 Å². The quantitative estimate of drug-likeness (QED) is 0.544. The Hall–Kier alpha value is -1.70. The van der Waals surface area contributed by atoms with E-state index in [0.29, 0.717) is 6.42 Å². The van der Waals surface area contributed by atoms with E-state index in [1.165, 1.54) is 28.6 Å². The van der Waals surface area contributed by atoms with Crippen molar-refractivity contribution in [1.82, 2.24) is 4.31 Å². The Labute approximate surface area is 131 Å². The van der Waals surface area contributed by atoms with Crippen molar-refractivity contribution >= 4 is 16.0 Å². The van der Waals surface area contributed by atoms with Gasteiger partial charge in [0.25, 0.3) is 0 Å². The van der Waals surface area contributed by atoms with Crippen LogP contribution in [0.1, 0.15) is 13.3 Å². The molecule has 1 N–H and O–H groups in total. The molecular formula is C15H21NO5S. The van der Waals surface area contributed by atoms with Crippen LogP contribution in [0.5, 0.6) is 0 Å². The first kappa shape index (κ1) is 18.3. The molecule has 0 spiro atoms. The molecule has 0 heterocycles. The summed E-state index contributed by atoms with van der Waals surface area (Å²) < 4.78 is 31.0. The lowest BCUT2D eigenvalue weighted by Gasteiger charge is -2.20. The summed E-state index contributed by atoms with van der Waals surface area (Å²) >= 11 is 0. The minimum absolute atomic E-state index is 0.0377. The largest absolute Gasteiger partial charge is 0.463 e. The molecule has 1 rings (SSSR count). The number of benzene rings is 1. The fourth-order valence-corrected chi connectivity index (χ4v) is 3.21. The first-order valence-electron chi connectivity index (χ1n) is 7.01. The summed E-state index contributed by atoms with van der Waals surface area (Å²) in [4.78, 5) is 11.4. The molecule has 0 aliphatic carbocycles. The zero-order chi connectivity index (χ0) is 16.4. The molecule has 0 saturated carbocycles. The van der Waals surface area contributed by atoms with Crippen LogP contribution in [0.25, 0.3) is 0 Å². The van der Waals surface area contributed by atoms with E-state index < -0.39 is 16.0 Å². The van der Waals surface area contributed by atoms with Crippen LogP contribution in [0.15, 0.2) is 47.4 Å². The maximum Gasteiger partial charge on any atom is 0.330 e. The Balaban J connectivity index is 2.86. The van der Waals surface area contributed by atoms with Crippen LogP contribution in [0.3, 0.4) is 0 Å². The molecule has 0 atom stereocenters. The number of aliphatic hydroxyl groups is 1. The lowest BCUT2D eigenvalue weighted by Crippen LogP contribution is -2.32. The van der Waals surface area contributed by atoms with Gasteiger partial charge in [0.1, 0.15) is 0 Å². The van der Waals surface area contributed by atoms with Gasteiger partial charge in [0, 0.05) is 25.8 Å². The second-order valence-electron chi connectivity index (χ2n) is 4.41. The van der Waals surface area contributed by atoms with Crippen molar-refractivity contribution in [3.05, 3.63) is 42.5 Å². The third-order valence-corrected chi connectivity index (χ3v) is 4.68. The molecule has 7 heteroatoms. The number of carbonyl (C=O) groups is 1. The second kappa shape index (κ2) is 9.34. The monoisotopic (exact) mass is 327 g/mol. The van der Waals surface area contributed by atoms with Crippen LogP contribution >= 0.6 is 0 Å². The van der Waals surface area contributed by atoms with Gasteiger partial charge in [-0.3, -0.25) is 0 Å². The number of nitrogens with zero attached hydrogens (tertiary/aromatic N) is 1. The second-order valence-corrected chi connectivity index (χ2v) is 6.35. The van der Waals surface area contributed by atoms with E-state index in [0.717, 1.165) is 0 Å². The summed E-state index contributed by atoms with van der Waals surface area (Å²) in [5, 5.41) is 8.92. The number of aliphatic hydroxyl groups excluding tert-OH is 1. The van der Waals surface area contributed by atoms with Gasteiger partial charge in [0.2, 0.25) is 10.0 Å². The normalized spacial score (nSPS) is 12.0. The van der Waals surface area contributed by atoms with Crippen LogP contribution in [0, 0.1) is 0 Å². The molecule has 0 unspecified atom stereocenters. The maximum absolute atomic E-state index is 12.5. The number of hydrogen-bond acceptors (Lipinski definition) is 5. The SMILES string of the molecule is CCOC(=O)/C=C/CN(CCCO)S(=O)(=O)c1ccccc1. The van der Waals surface area contributed by atoms with Gasteiger partial charge in [0.05, 0.1) is 11.5 Å². The van der Waals surface area contributed by atoms with Gasteiger partial charge in [-0.05, 0) is 25.5 Å². The van der Waals surface area contributed by atoms with Crippen molar-refractivity contribution in [2.24, 2.45) is 0 Å². The fourth-order valence-electron chi connectivity index (χ4n) is 1.76. The molecule has 0 amide bonds. The van der Waals surface area contributed by atoms with E-state index >= 15 is 0 Å². The molecule has 22 heavy (non-hydrogen) atoms. The first-order chi connectivity index (χ1) is 10.5. The Kier molecular flexibility index (Phi) is 7.79. The summed E-state index contributed by atoms with van der Waals surface area (Å²) in [7, 11) is -3.66. The predicted molar refractivity (Wildman–Crippen MR) is 82.7 cm³/mol. The summed E-state index contributed by atoms with van der Waals surface area (Å²) in [6, 6.07) is 8.04. The molecule has 1 aromatic carbocycles. The third kappa shape index (κ3) is 5.59. The van der Waals surface area contributed by atoms with Crippen molar-refractivity contribution in [1.29, 1.82) is 0 Å². The van der Waals surface area contributed by atoms with E-state index in [1.54, 1.807) is 25.1 Å². The van der Waals surface area contributed by atoms with E-state index in [2.05, 4.69) is 0 Å². The molecule has 1 aromatic rings. The van der Waals surface area contributed by atoms with Crippen molar-refractivity contribution < 1.29 is 23.1 Å². The lowest BCUT2D eigenvalue weighted by atomic mass is 10.4. The molecule has 0 aliphatic rings. The highest BCUT2D eigenvalue weighted by Gasteiger charge is 2.22. The standard InChI is InChI=1S/C15H21NO5S/c1-2-21-15(18)10-6-11-16(12-7-13-17)22(19,20)14-8-4-3-5-9-14/h3-6,8-10,17H,2,7,11-13H2,1H3/b10-6+. The average molecular weight is 327 g/mol. The Bertz CT molecular complexity index is 583. The maximum atomic E-state index is 12.5. The van der Waals surface area contributed by atoms with Crippen molar-refractivity contribution in [3.8, 4) is 0 Å². The number of carbonyl (C=O) groups excluding carboxylic acids is 1. The van der Waals surface area contributed by atoms with E-state index in [9.17, 15) is 13.2 Å². The molecule has 0 aliphatic heterocycles. The summed E-state index contributed by atoms with van der Waals surface area (Å²) in [6.45, 7) is 2.05. The molecular weight excluding hydrogens is 306 g/mol. The topological polar surface area (TPSA) is 83.9 Å². The third-order valence-electron chi connectivity index (χ3n) is 2.80. The molecule has 0 bridgehead atoms. The summed E-state index contributed by atoms with van der Waals surface area (Å²) in [5.74, 6) is -0.512. The Morgan fingerprint density at radius 3 is 2.59 bits per heavy atom. The van der Waals surface area contributed by atoms with Gasteiger partial charge in [-0.2, -0.15) is 4.31 Å². The van der Waals surface area contributed by atoms with E-state index in [-0.39, 0.29) is 31.2 Å². The van der Waals surface area contributed by atoms with Gasteiger partial charge in [0.15, 0.2) is 0 Å². The minimum atomic E-state index is -3.66. The smallest absolute Gasteiger partial charge is 0.330 e. The number of esters is 1. The first-order valence-corrected chi connectivity index (χ1v) is 8.45. The molecule has 6 nitrogen and oxygen atoms in total. The van der Waals surface area contributed by atoms with E-state index in [4.69, 9.17) is 9.84 Å². The zero-order valence-corrected chi connectivity index (χ0v) is 13.3. The number of rotatable bonds is 9. The van der Waals surface area contributed by atoms with E-state index in [1.807, 2.05) is 0 Å².